The third-order valence-electron chi connectivity index (χ3n) is 6.10. The van der Waals surface area contributed by atoms with Crippen molar-refractivity contribution in [3.8, 4) is 0 Å². The van der Waals surface area contributed by atoms with E-state index in [1.165, 1.54) is 0 Å². The van der Waals surface area contributed by atoms with Crippen molar-refractivity contribution in [1.82, 2.24) is 0 Å². The predicted molar refractivity (Wildman–Crippen MR) is 82.2 cm³/mol. The van der Waals surface area contributed by atoms with Crippen LogP contribution in [-0.4, -0.2) is 11.6 Å². The van der Waals surface area contributed by atoms with E-state index in [1.54, 1.807) is 0 Å². The van der Waals surface area contributed by atoms with Crippen molar-refractivity contribution in [3.05, 3.63) is 23.9 Å². The van der Waals surface area contributed by atoms with Crippen LogP contribution in [0.2, 0.25) is 0 Å². The lowest BCUT2D eigenvalue weighted by Crippen LogP contribution is -2.54. The summed E-state index contributed by atoms with van der Waals surface area (Å²) in [5.74, 6) is 1.24. The van der Waals surface area contributed by atoms with Crippen LogP contribution < -0.4 is 5.73 Å². The number of carbonyl (C=O) groups is 2. The smallest absolute Gasteiger partial charge is 0.158 e. The first-order chi connectivity index (χ1) is 9.75. The normalized spacial score (nSPS) is 42.1. The molecule has 3 aliphatic rings. The average molecular weight is 287 g/mol. The highest BCUT2D eigenvalue weighted by Crippen LogP contribution is 2.56. The van der Waals surface area contributed by atoms with Crippen molar-refractivity contribution >= 4 is 11.6 Å². The Morgan fingerprint density at radius 1 is 1.33 bits per heavy atom. The summed E-state index contributed by atoms with van der Waals surface area (Å²) in [5.41, 5.74) is 7.49. The molecule has 3 nitrogen and oxygen atoms in total. The second kappa shape index (κ2) is 4.56. The van der Waals surface area contributed by atoms with E-state index in [-0.39, 0.29) is 35.4 Å². The molecule has 3 aliphatic carbocycles. The molecule has 114 valence electrons. The fraction of sp³-hybridized carbons (Fsp3) is 0.667. The quantitative estimate of drug-likeness (QED) is 0.697. The number of ketones is 2. The molecule has 3 rings (SSSR count). The molecule has 0 amide bonds. The number of Topliss-reactive ketones (excluding diaryl/α,β-unsaturated/α-hetero) is 2. The van der Waals surface area contributed by atoms with E-state index in [1.807, 2.05) is 20.8 Å². The van der Waals surface area contributed by atoms with E-state index < -0.39 is 5.41 Å². The molecule has 0 bridgehead atoms. The summed E-state index contributed by atoms with van der Waals surface area (Å²) in [6, 6.07) is 0. The van der Waals surface area contributed by atoms with Crippen LogP contribution in [0.25, 0.3) is 0 Å². The van der Waals surface area contributed by atoms with Gasteiger partial charge in [-0.1, -0.05) is 33.4 Å². The molecule has 2 N–H and O–H groups in total. The van der Waals surface area contributed by atoms with Gasteiger partial charge in [-0.2, -0.15) is 0 Å². The lowest BCUT2D eigenvalue weighted by atomic mass is 9.49. The van der Waals surface area contributed by atoms with Crippen LogP contribution in [0.5, 0.6) is 0 Å². The van der Waals surface area contributed by atoms with Crippen molar-refractivity contribution in [2.75, 3.05) is 0 Å². The molecule has 0 unspecified atom stereocenters. The number of nitrogens with two attached hydrogens (primary N) is 1. The van der Waals surface area contributed by atoms with Crippen LogP contribution in [0.4, 0.5) is 0 Å². The first kappa shape index (κ1) is 14.6. The first-order valence-corrected chi connectivity index (χ1v) is 7.98. The maximum absolute atomic E-state index is 12.7. The monoisotopic (exact) mass is 287 g/mol. The van der Waals surface area contributed by atoms with Gasteiger partial charge in [-0.25, -0.2) is 0 Å². The molecule has 2 saturated carbocycles. The molecule has 21 heavy (non-hydrogen) atoms. The maximum Gasteiger partial charge on any atom is 0.158 e. The number of hydrogen-bond acceptors (Lipinski definition) is 3. The summed E-state index contributed by atoms with van der Waals surface area (Å²) in [6.07, 6.45) is 4.36. The SMILES string of the molecule is C=C1C(=O)CC[C@@H]2C(N)=C[C@H]3C[C@@H](C)C(=O)C(C)(C)[C@@H]3[C@@H]12. The van der Waals surface area contributed by atoms with E-state index in [4.69, 9.17) is 5.73 Å². The van der Waals surface area contributed by atoms with Gasteiger partial charge in [0.1, 0.15) is 5.78 Å². The van der Waals surface area contributed by atoms with Gasteiger partial charge in [0.05, 0.1) is 0 Å². The highest BCUT2D eigenvalue weighted by molar-refractivity contribution is 5.97. The van der Waals surface area contributed by atoms with Crippen molar-refractivity contribution < 1.29 is 9.59 Å². The van der Waals surface area contributed by atoms with E-state index >= 15 is 0 Å². The molecule has 3 heteroatoms. The van der Waals surface area contributed by atoms with Gasteiger partial charge in [-0.05, 0) is 36.2 Å². The molecule has 0 radical (unpaired) electrons. The topological polar surface area (TPSA) is 60.2 Å². The second-order valence-corrected chi connectivity index (χ2v) is 7.70. The van der Waals surface area contributed by atoms with E-state index in [2.05, 4.69) is 12.7 Å². The maximum atomic E-state index is 12.7. The number of carbonyl (C=O) groups excluding carboxylic acids is 2. The van der Waals surface area contributed by atoms with Crippen LogP contribution in [-0.2, 0) is 9.59 Å². The Hall–Kier alpha value is -1.38. The largest absolute Gasteiger partial charge is 0.402 e. The van der Waals surface area contributed by atoms with Crippen LogP contribution in [0, 0.1) is 35.0 Å². The molecular weight excluding hydrogens is 262 g/mol. The Morgan fingerprint density at radius 3 is 2.67 bits per heavy atom. The van der Waals surface area contributed by atoms with Crippen LogP contribution in [0.1, 0.15) is 40.0 Å². The van der Waals surface area contributed by atoms with Crippen molar-refractivity contribution in [2.45, 2.75) is 40.0 Å². The third kappa shape index (κ3) is 1.93. The first-order valence-electron chi connectivity index (χ1n) is 7.98. The van der Waals surface area contributed by atoms with E-state index in [9.17, 15) is 9.59 Å². The van der Waals surface area contributed by atoms with Crippen molar-refractivity contribution in [1.29, 1.82) is 0 Å². The molecular formula is C18H25NO2. The zero-order valence-corrected chi connectivity index (χ0v) is 13.2. The molecule has 0 saturated heterocycles. The van der Waals surface area contributed by atoms with Crippen LogP contribution >= 0.6 is 0 Å². The van der Waals surface area contributed by atoms with Crippen molar-refractivity contribution in [2.24, 2.45) is 40.7 Å². The molecule has 0 aromatic carbocycles. The van der Waals surface area contributed by atoms with Gasteiger partial charge < -0.3 is 5.73 Å². The Labute approximate surface area is 126 Å². The lowest BCUT2D eigenvalue weighted by Gasteiger charge is -2.54. The number of rotatable bonds is 0. The van der Waals surface area contributed by atoms with Gasteiger partial charge in [-0.3, -0.25) is 9.59 Å². The Bertz CT molecular complexity index is 558. The fourth-order valence-electron chi connectivity index (χ4n) is 5.15. The molecule has 0 aliphatic heterocycles. The lowest BCUT2D eigenvalue weighted by molar-refractivity contribution is -0.143. The zero-order valence-electron chi connectivity index (χ0n) is 13.2. The Morgan fingerprint density at radius 2 is 2.00 bits per heavy atom. The molecule has 2 fully saturated rings. The van der Waals surface area contributed by atoms with E-state index in [0.29, 0.717) is 17.8 Å². The summed E-state index contributed by atoms with van der Waals surface area (Å²) in [7, 11) is 0. The zero-order chi connectivity index (χ0) is 15.5. The van der Waals surface area contributed by atoms with Gasteiger partial charge in [0.25, 0.3) is 0 Å². The van der Waals surface area contributed by atoms with Gasteiger partial charge >= 0.3 is 0 Å². The highest BCUT2D eigenvalue weighted by atomic mass is 16.1. The third-order valence-corrected chi connectivity index (χ3v) is 6.10. The Balaban J connectivity index is 2.10. The summed E-state index contributed by atoms with van der Waals surface area (Å²) in [4.78, 5) is 24.8. The number of fused-ring (bicyclic) bond motifs is 3. The number of allylic oxidation sites excluding steroid dienone is 3. The Kier molecular flexibility index (Phi) is 3.16. The molecule has 5 atom stereocenters. The van der Waals surface area contributed by atoms with Crippen molar-refractivity contribution in [3.63, 3.8) is 0 Å². The second-order valence-electron chi connectivity index (χ2n) is 7.70. The standard InChI is InChI=1S/C18H25NO2/c1-9-7-11-8-13(19)12-5-6-14(20)10(2)15(12)16(11)18(3,4)17(9)21/h8-9,11-12,15-16H,2,5-7,19H2,1,3-4H3/t9-,11-,12-,15+,16+/m1/s1. The summed E-state index contributed by atoms with van der Waals surface area (Å²) >= 11 is 0. The summed E-state index contributed by atoms with van der Waals surface area (Å²) in [6.45, 7) is 10.2. The molecule has 0 spiro atoms. The minimum Gasteiger partial charge on any atom is -0.402 e. The summed E-state index contributed by atoms with van der Waals surface area (Å²) < 4.78 is 0. The summed E-state index contributed by atoms with van der Waals surface area (Å²) in [5, 5.41) is 0. The van der Waals surface area contributed by atoms with Gasteiger partial charge in [0.15, 0.2) is 5.78 Å². The minimum atomic E-state index is -0.414. The van der Waals surface area contributed by atoms with Crippen LogP contribution in [0.3, 0.4) is 0 Å². The van der Waals surface area contributed by atoms with Crippen LogP contribution in [0.15, 0.2) is 23.9 Å². The van der Waals surface area contributed by atoms with Gasteiger partial charge in [0, 0.05) is 29.4 Å². The highest BCUT2D eigenvalue weighted by Gasteiger charge is 2.55. The van der Waals surface area contributed by atoms with Gasteiger partial charge in [0.2, 0.25) is 0 Å². The average Bonchev–Trinajstić information content (AvgIpc) is 2.40. The minimum absolute atomic E-state index is 0.0488. The fourth-order valence-corrected chi connectivity index (χ4v) is 5.15. The number of hydrogen-bond donors (Lipinski definition) is 1. The molecule has 0 aromatic rings. The van der Waals surface area contributed by atoms with E-state index in [0.717, 1.165) is 18.5 Å². The predicted octanol–water partition coefficient (Wildman–Crippen LogP) is 2.86. The molecule has 0 heterocycles. The van der Waals surface area contributed by atoms with Gasteiger partial charge in [-0.15, -0.1) is 0 Å². The molecule has 0 aromatic heterocycles.